The van der Waals surface area contributed by atoms with Gasteiger partial charge in [0.15, 0.2) is 0 Å². The van der Waals surface area contributed by atoms with Crippen LogP contribution in [-0.4, -0.2) is 17.9 Å². The average molecular weight is 375 g/mol. The standard InChI is InChI=1S/C17H15BrN2O3/c18-11-1-5-13(6-2-11)23-14-7-3-12(4-8-14)19-17(22)15-9-10-16(21)20-15/h1-8,15H,9-10H2,(H,19,22)(H,20,21)/t15-/m0/s1. The zero-order valence-electron chi connectivity index (χ0n) is 12.2. The molecule has 1 atom stereocenters. The highest BCUT2D eigenvalue weighted by atomic mass is 79.9. The van der Waals surface area contributed by atoms with Gasteiger partial charge in [0, 0.05) is 16.6 Å². The fourth-order valence-corrected chi connectivity index (χ4v) is 2.55. The van der Waals surface area contributed by atoms with E-state index in [1.165, 1.54) is 0 Å². The van der Waals surface area contributed by atoms with Gasteiger partial charge in [-0.1, -0.05) is 15.9 Å². The number of benzene rings is 2. The Balaban J connectivity index is 1.59. The van der Waals surface area contributed by atoms with Gasteiger partial charge in [0.2, 0.25) is 11.8 Å². The van der Waals surface area contributed by atoms with E-state index >= 15 is 0 Å². The monoisotopic (exact) mass is 374 g/mol. The quantitative estimate of drug-likeness (QED) is 0.860. The summed E-state index contributed by atoms with van der Waals surface area (Å²) in [5.41, 5.74) is 0.666. The second-order valence-electron chi connectivity index (χ2n) is 5.23. The summed E-state index contributed by atoms with van der Waals surface area (Å²) in [5.74, 6) is 1.14. The summed E-state index contributed by atoms with van der Waals surface area (Å²) in [5, 5.41) is 5.43. The van der Waals surface area contributed by atoms with Gasteiger partial charge in [0.05, 0.1) is 0 Å². The fourth-order valence-electron chi connectivity index (χ4n) is 2.29. The number of carbonyl (C=O) groups is 2. The molecule has 2 N–H and O–H groups in total. The Bertz CT molecular complexity index is 714. The second-order valence-corrected chi connectivity index (χ2v) is 6.14. The molecular weight excluding hydrogens is 360 g/mol. The highest BCUT2D eigenvalue weighted by Gasteiger charge is 2.26. The van der Waals surface area contributed by atoms with Crippen molar-refractivity contribution >= 4 is 33.4 Å². The molecule has 1 aliphatic heterocycles. The molecule has 1 saturated heterocycles. The summed E-state index contributed by atoms with van der Waals surface area (Å²) >= 11 is 3.37. The van der Waals surface area contributed by atoms with Crippen molar-refractivity contribution in [2.45, 2.75) is 18.9 Å². The van der Waals surface area contributed by atoms with Crippen LogP contribution in [0.5, 0.6) is 11.5 Å². The molecule has 0 spiro atoms. The number of rotatable bonds is 4. The maximum Gasteiger partial charge on any atom is 0.246 e. The number of hydrogen-bond donors (Lipinski definition) is 2. The molecule has 0 bridgehead atoms. The van der Waals surface area contributed by atoms with E-state index in [-0.39, 0.29) is 11.8 Å². The second kappa shape index (κ2) is 6.83. The van der Waals surface area contributed by atoms with Crippen LogP contribution in [0.3, 0.4) is 0 Å². The molecule has 0 radical (unpaired) electrons. The van der Waals surface area contributed by atoms with Crippen LogP contribution >= 0.6 is 15.9 Å². The van der Waals surface area contributed by atoms with Crippen molar-refractivity contribution in [1.29, 1.82) is 0 Å². The minimum atomic E-state index is -0.443. The number of hydrogen-bond acceptors (Lipinski definition) is 3. The van der Waals surface area contributed by atoms with Gasteiger partial charge >= 0.3 is 0 Å². The SMILES string of the molecule is O=C1CC[C@@H](C(=O)Nc2ccc(Oc3ccc(Br)cc3)cc2)N1. The molecule has 5 nitrogen and oxygen atoms in total. The number of carbonyl (C=O) groups excluding carboxylic acids is 2. The molecule has 2 amide bonds. The zero-order chi connectivity index (χ0) is 16.2. The van der Waals surface area contributed by atoms with E-state index in [0.29, 0.717) is 24.3 Å². The topological polar surface area (TPSA) is 67.4 Å². The van der Waals surface area contributed by atoms with E-state index < -0.39 is 6.04 Å². The molecule has 2 aromatic rings. The molecule has 1 heterocycles. The van der Waals surface area contributed by atoms with Crippen molar-refractivity contribution in [1.82, 2.24) is 5.32 Å². The minimum Gasteiger partial charge on any atom is -0.457 e. The Kier molecular flexibility index (Phi) is 4.62. The molecule has 0 aromatic heterocycles. The lowest BCUT2D eigenvalue weighted by Gasteiger charge is -2.11. The van der Waals surface area contributed by atoms with Crippen LogP contribution in [0.25, 0.3) is 0 Å². The smallest absolute Gasteiger partial charge is 0.246 e. The lowest BCUT2D eigenvalue weighted by atomic mass is 10.2. The predicted molar refractivity (Wildman–Crippen MR) is 90.5 cm³/mol. The first-order valence-corrected chi connectivity index (χ1v) is 8.03. The first-order valence-electron chi connectivity index (χ1n) is 7.24. The molecule has 1 fully saturated rings. The van der Waals surface area contributed by atoms with Crippen LogP contribution in [0.1, 0.15) is 12.8 Å². The van der Waals surface area contributed by atoms with E-state index in [4.69, 9.17) is 4.74 Å². The van der Waals surface area contributed by atoms with Crippen molar-refractivity contribution in [2.24, 2.45) is 0 Å². The number of nitrogens with one attached hydrogen (secondary N) is 2. The van der Waals surface area contributed by atoms with Crippen molar-refractivity contribution in [2.75, 3.05) is 5.32 Å². The lowest BCUT2D eigenvalue weighted by molar-refractivity contribution is -0.122. The molecule has 0 saturated carbocycles. The predicted octanol–water partition coefficient (Wildman–Crippen LogP) is 3.46. The van der Waals surface area contributed by atoms with Gasteiger partial charge in [-0.05, 0) is 55.0 Å². The summed E-state index contributed by atoms with van der Waals surface area (Å²) in [6.07, 6.45) is 0.938. The van der Waals surface area contributed by atoms with Gasteiger partial charge in [-0.3, -0.25) is 9.59 Å². The van der Waals surface area contributed by atoms with Crippen LogP contribution < -0.4 is 15.4 Å². The first kappa shape index (κ1) is 15.6. The third-order valence-corrected chi connectivity index (χ3v) is 4.01. The van der Waals surface area contributed by atoms with Gasteiger partial charge in [-0.2, -0.15) is 0 Å². The van der Waals surface area contributed by atoms with Crippen molar-refractivity contribution < 1.29 is 14.3 Å². The Morgan fingerprint density at radius 3 is 2.26 bits per heavy atom. The third kappa shape index (κ3) is 4.10. The summed E-state index contributed by atoms with van der Waals surface area (Å²) in [6.45, 7) is 0. The third-order valence-electron chi connectivity index (χ3n) is 3.48. The van der Waals surface area contributed by atoms with Crippen molar-refractivity contribution in [3.05, 3.63) is 53.0 Å². The minimum absolute atomic E-state index is 0.0802. The maximum absolute atomic E-state index is 12.0. The van der Waals surface area contributed by atoms with E-state index in [0.717, 1.165) is 10.2 Å². The largest absolute Gasteiger partial charge is 0.457 e. The number of amides is 2. The van der Waals surface area contributed by atoms with Crippen LogP contribution in [0.4, 0.5) is 5.69 Å². The number of anilines is 1. The highest BCUT2D eigenvalue weighted by molar-refractivity contribution is 9.10. The molecule has 3 rings (SSSR count). The summed E-state index contributed by atoms with van der Waals surface area (Å²) in [4.78, 5) is 23.1. The zero-order valence-corrected chi connectivity index (χ0v) is 13.8. The van der Waals surface area contributed by atoms with Gasteiger partial charge in [-0.25, -0.2) is 0 Å². The molecule has 23 heavy (non-hydrogen) atoms. The normalized spacial score (nSPS) is 16.7. The molecule has 2 aromatic carbocycles. The van der Waals surface area contributed by atoms with Crippen LogP contribution in [0.2, 0.25) is 0 Å². The van der Waals surface area contributed by atoms with Crippen LogP contribution in [-0.2, 0) is 9.59 Å². The number of ether oxygens (including phenoxy) is 1. The van der Waals surface area contributed by atoms with Crippen LogP contribution in [0, 0.1) is 0 Å². The van der Waals surface area contributed by atoms with Gasteiger partial charge in [0.25, 0.3) is 0 Å². The summed E-state index contributed by atoms with van der Waals surface area (Å²) < 4.78 is 6.70. The van der Waals surface area contributed by atoms with Crippen LogP contribution in [0.15, 0.2) is 53.0 Å². The van der Waals surface area contributed by atoms with Gasteiger partial charge in [-0.15, -0.1) is 0 Å². The van der Waals surface area contributed by atoms with E-state index in [2.05, 4.69) is 26.6 Å². The fraction of sp³-hybridized carbons (Fsp3) is 0.176. The Labute approximate surface area is 142 Å². The molecule has 6 heteroatoms. The van der Waals surface area contributed by atoms with Crippen molar-refractivity contribution in [3.8, 4) is 11.5 Å². The molecular formula is C17H15BrN2O3. The highest BCUT2D eigenvalue weighted by Crippen LogP contribution is 2.24. The molecule has 1 aliphatic rings. The van der Waals surface area contributed by atoms with Gasteiger partial charge in [0.1, 0.15) is 17.5 Å². The number of halogens is 1. The van der Waals surface area contributed by atoms with E-state index in [9.17, 15) is 9.59 Å². The summed E-state index contributed by atoms with van der Waals surface area (Å²) in [6, 6.07) is 14.2. The Morgan fingerprint density at radius 2 is 1.70 bits per heavy atom. The summed E-state index contributed by atoms with van der Waals surface area (Å²) in [7, 11) is 0. The Hall–Kier alpha value is -2.34. The molecule has 118 valence electrons. The first-order chi connectivity index (χ1) is 11.1. The average Bonchev–Trinajstić information content (AvgIpc) is 2.98. The Morgan fingerprint density at radius 1 is 1.09 bits per heavy atom. The van der Waals surface area contributed by atoms with E-state index in [1.54, 1.807) is 24.3 Å². The molecule has 0 aliphatic carbocycles. The van der Waals surface area contributed by atoms with Crippen molar-refractivity contribution in [3.63, 3.8) is 0 Å². The lowest BCUT2D eigenvalue weighted by Crippen LogP contribution is -2.37. The molecule has 0 unspecified atom stereocenters. The maximum atomic E-state index is 12.0. The van der Waals surface area contributed by atoms with Gasteiger partial charge < -0.3 is 15.4 Å². The van der Waals surface area contributed by atoms with E-state index in [1.807, 2.05) is 24.3 Å².